The van der Waals surface area contributed by atoms with Gasteiger partial charge in [0.25, 0.3) is 0 Å². The van der Waals surface area contributed by atoms with E-state index in [4.69, 9.17) is 26.1 Å². The van der Waals surface area contributed by atoms with Gasteiger partial charge < -0.3 is 24.6 Å². The molecule has 1 aliphatic rings. The predicted molar refractivity (Wildman–Crippen MR) is 139 cm³/mol. The van der Waals surface area contributed by atoms with Gasteiger partial charge in [0.2, 0.25) is 5.95 Å². The first kappa shape index (κ1) is 22.9. The first-order valence-corrected chi connectivity index (χ1v) is 11.7. The molecule has 35 heavy (non-hydrogen) atoms. The van der Waals surface area contributed by atoms with E-state index >= 15 is 0 Å². The molecule has 0 spiro atoms. The number of aryl methyl sites for hydroxylation is 1. The molecule has 1 aliphatic heterocycles. The summed E-state index contributed by atoms with van der Waals surface area (Å²) >= 11 is 6.05. The van der Waals surface area contributed by atoms with Gasteiger partial charge in [0.05, 0.1) is 14.2 Å². The van der Waals surface area contributed by atoms with Crippen LogP contribution in [0.3, 0.4) is 0 Å². The molecule has 0 aliphatic carbocycles. The fourth-order valence-corrected chi connectivity index (χ4v) is 4.37. The second kappa shape index (κ2) is 9.79. The summed E-state index contributed by atoms with van der Waals surface area (Å²) in [6, 6.07) is 13.4. The number of methoxy groups -OCH3 is 2. The number of fused-ring (bicyclic) bond motifs is 1. The van der Waals surface area contributed by atoms with E-state index in [-0.39, 0.29) is 0 Å². The Balaban J connectivity index is 1.33. The van der Waals surface area contributed by atoms with E-state index in [2.05, 4.69) is 30.1 Å². The molecular formula is C25H26ClN7O2. The maximum atomic E-state index is 6.05. The molecule has 4 aromatic rings. The molecule has 0 radical (unpaired) electrons. The smallest absolute Gasteiger partial charge is 0.229 e. The lowest BCUT2D eigenvalue weighted by Crippen LogP contribution is -2.47. The lowest BCUT2D eigenvalue weighted by Gasteiger charge is -2.37. The molecule has 4 heterocycles. The number of ether oxygens (including phenoxy) is 2. The van der Waals surface area contributed by atoms with Crippen LogP contribution in [-0.2, 0) is 0 Å². The van der Waals surface area contributed by atoms with Crippen molar-refractivity contribution in [2.24, 2.45) is 0 Å². The average molecular weight is 492 g/mol. The summed E-state index contributed by atoms with van der Waals surface area (Å²) in [7, 11) is 3.25. The Hall–Kier alpha value is -3.85. The van der Waals surface area contributed by atoms with Gasteiger partial charge in [-0.3, -0.25) is 0 Å². The van der Waals surface area contributed by atoms with Gasteiger partial charge in [-0.2, -0.15) is 4.98 Å². The number of hydrogen-bond acceptors (Lipinski definition) is 9. The van der Waals surface area contributed by atoms with Gasteiger partial charge in [-0.15, -0.1) is 0 Å². The number of pyridine rings is 2. The van der Waals surface area contributed by atoms with Crippen molar-refractivity contribution in [1.29, 1.82) is 0 Å². The molecule has 1 fully saturated rings. The summed E-state index contributed by atoms with van der Waals surface area (Å²) in [5.41, 5.74) is 3.46. The van der Waals surface area contributed by atoms with Crippen LogP contribution in [0.4, 0.5) is 23.1 Å². The molecule has 1 N–H and O–H groups in total. The van der Waals surface area contributed by atoms with Gasteiger partial charge in [0.15, 0.2) is 5.65 Å². The van der Waals surface area contributed by atoms with Crippen molar-refractivity contribution in [3.05, 3.63) is 59.5 Å². The topological polar surface area (TPSA) is 88.5 Å². The quantitative estimate of drug-likeness (QED) is 0.392. The maximum absolute atomic E-state index is 6.05. The molecule has 5 rings (SSSR count). The molecule has 0 saturated carbocycles. The van der Waals surface area contributed by atoms with Crippen molar-refractivity contribution >= 4 is 45.8 Å². The molecule has 0 unspecified atom stereocenters. The second-order valence-corrected chi connectivity index (χ2v) is 8.61. The second-order valence-electron chi connectivity index (χ2n) is 8.23. The fraction of sp³-hybridized carbons (Fsp3) is 0.280. The molecular weight excluding hydrogens is 466 g/mol. The summed E-state index contributed by atoms with van der Waals surface area (Å²) in [5, 5.41) is 4.74. The van der Waals surface area contributed by atoms with E-state index in [0.717, 1.165) is 54.5 Å². The van der Waals surface area contributed by atoms with Crippen LogP contribution in [0, 0.1) is 6.92 Å². The van der Waals surface area contributed by atoms with E-state index in [9.17, 15) is 0 Å². The van der Waals surface area contributed by atoms with Gasteiger partial charge in [0.1, 0.15) is 22.5 Å². The molecule has 0 bridgehead atoms. The summed E-state index contributed by atoms with van der Waals surface area (Å²) in [5.74, 6) is 2.80. The zero-order chi connectivity index (χ0) is 24.4. The Morgan fingerprint density at radius 1 is 0.857 bits per heavy atom. The summed E-state index contributed by atoms with van der Waals surface area (Å²) in [6.07, 6.45) is 1.78. The zero-order valence-electron chi connectivity index (χ0n) is 19.8. The van der Waals surface area contributed by atoms with Gasteiger partial charge in [-0.05, 0) is 25.1 Å². The van der Waals surface area contributed by atoms with Crippen molar-refractivity contribution in [1.82, 2.24) is 19.9 Å². The molecule has 3 aromatic heterocycles. The van der Waals surface area contributed by atoms with Crippen LogP contribution in [0.25, 0.3) is 11.0 Å². The third-order valence-corrected chi connectivity index (χ3v) is 6.15. The van der Waals surface area contributed by atoms with Crippen LogP contribution >= 0.6 is 11.6 Å². The third-order valence-electron chi connectivity index (χ3n) is 5.94. The van der Waals surface area contributed by atoms with Gasteiger partial charge in [0, 0.05) is 79.1 Å². The molecule has 10 heteroatoms. The lowest BCUT2D eigenvalue weighted by atomic mass is 10.2. The SMILES string of the molecule is COc1cc(Nc2nc(C)cc(N3CCN(c4ccnc5nc(Cl)ccc45)CC3)n2)cc(OC)c1. The summed E-state index contributed by atoms with van der Waals surface area (Å²) < 4.78 is 10.7. The van der Waals surface area contributed by atoms with Crippen LogP contribution in [0.1, 0.15) is 5.69 Å². The number of nitrogens with zero attached hydrogens (tertiary/aromatic N) is 6. The summed E-state index contributed by atoms with van der Waals surface area (Å²) in [6.45, 7) is 5.32. The van der Waals surface area contributed by atoms with Crippen molar-refractivity contribution in [2.75, 3.05) is 55.5 Å². The lowest BCUT2D eigenvalue weighted by molar-refractivity contribution is 0.395. The average Bonchev–Trinajstić information content (AvgIpc) is 2.87. The molecule has 0 amide bonds. The number of benzene rings is 1. The van der Waals surface area contributed by atoms with Crippen LogP contribution in [0.2, 0.25) is 5.15 Å². The largest absolute Gasteiger partial charge is 0.497 e. The molecule has 1 aromatic carbocycles. The zero-order valence-corrected chi connectivity index (χ0v) is 20.6. The third kappa shape index (κ3) is 5.00. The van der Waals surface area contributed by atoms with E-state index in [0.29, 0.717) is 28.2 Å². The van der Waals surface area contributed by atoms with E-state index in [1.54, 1.807) is 26.5 Å². The Morgan fingerprint density at radius 3 is 2.29 bits per heavy atom. The van der Waals surface area contributed by atoms with Gasteiger partial charge in [-0.1, -0.05) is 11.6 Å². The normalized spacial score (nSPS) is 13.7. The van der Waals surface area contributed by atoms with Gasteiger partial charge in [-0.25, -0.2) is 15.0 Å². The van der Waals surface area contributed by atoms with E-state index in [1.165, 1.54) is 0 Å². The number of nitrogens with one attached hydrogen (secondary N) is 1. The van der Waals surface area contributed by atoms with Crippen LogP contribution < -0.4 is 24.6 Å². The minimum Gasteiger partial charge on any atom is -0.497 e. The molecule has 180 valence electrons. The molecule has 0 atom stereocenters. The fourth-order valence-electron chi connectivity index (χ4n) is 4.22. The Morgan fingerprint density at radius 2 is 1.57 bits per heavy atom. The Kier molecular flexibility index (Phi) is 6.41. The predicted octanol–water partition coefficient (Wildman–Crippen LogP) is 4.47. The number of aromatic nitrogens is 4. The molecule has 1 saturated heterocycles. The first-order valence-electron chi connectivity index (χ1n) is 11.3. The minimum atomic E-state index is 0.447. The summed E-state index contributed by atoms with van der Waals surface area (Å²) in [4.78, 5) is 22.7. The number of halogens is 1. The van der Waals surface area contributed by atoms with E-state index < -0.39 is 0 Å². The Bertz CT molecular complexity index is 1340. The van der Waals surface area contributed by atoms with Crippen LogP contribution in [0.15, 0.2) is 48.7 Å². The van der Waals surface area contributed by atoms with Crippen molar-refractivity contribution in [3.8, 4) is 11.5 Å². The van der Waals surface area contributed by atoms with Crippen LogP contribution in [-0.4, -0.2) is 60.3 Å². The Labute approximate surface area is 208 Å². The number of rotatable bonds is 6. The minimum absolute atomic E-state index is 0.447. The highest BCUT2D eigenvalue weighted by Crippen LogP contribution is 2.29. The first-order chi connectivity index (χ1) is 17.0. The van der Waals surface area contributed by atoms with E-state index in [1.807, 2.05) is 43.3 Å². The highest BCUT2D eigenvalue weighted by Gasteiger charge is 2.21. The monoisotopic (exact) mass is 491 g/mol. The standard InChI is InChI=1S/C25H26ClN7O2/c1-16-12-23(31-25(28-16)29-17-13-18(34-2)15-19(14-17)35-3)33-10-8-32(9-11-33)21-6-7-27-24-20(21)4-5-22(26)30-24/h4-7,12-15H,8-11H2,1-3H3,(H,28,29,31). The highest BCUT2D eigenvalue weighted by atomic mass is 35.5. The van der Waals surface area contributed by atoms with Gasteiger partial charge >= 0.3 is 0 Å². The van der Waals surface area contributed by atoms with Crippen molar-refractivity contribution in [2.45, 2.75) is 6.92 Å². The maximum Gasteiger partial charge on any atom is 0.229 e. The van der Waals surface area contributed by atoms with Crippen LogP contribution in [0.5, 0.6) is 11.5 Å². The van der Waals surface area contributed by atoms with Crippen molar-refractivity contribution < 1.29 is 9.47 Å². The molecule has 9 nitrogen and oxygen atoms in total. The number of hydrogen-bond donors (Lipinski definition) is 1. The highest BCUT2D eigenvalue weighted by molar-refractivity contribution is 6.29. The number of anilines is 4. The van der Waals surface area contributed by atoms with Crippen molar-refractivity contribution in [3.63, 3.8) is 0 Å². The number of piperazine rings is 1.